The third-order valence-electron chi connectivity index (χ3n) is 2.97. The van der Waals surface area contributed by atoms with Crippen LogP contribution >= 0.6 is 0 Å². The standard InChI is InChI=1S/C12H16F2O2/c1-7-5-6-9(11(14)10(7)13)12(3,15)8(2)16-4/h5-6,8,15H,1-4H3. The maximum Gasteiger partial charge on any atom is 0.165 e. The van der Waals surface area contributed by atoms with Gasteiger partial charge in [0, 0.05) is 12.7 Å². The van der Waals surface area contributed by atoms with E-state index in [1.54, 1.807) is 6.92 Å². The van der Waals surface area contributed by atoms with Crippen LogP contribution in [-0.2, 0) is 10.3 Å². The Morgan fingerprint density at radius 1 is 1.31 bits per heavy atom. The summed E-state index contributed by atoms with van der Waals surface area (Å²) in [4.78, 5) is 0. The van der Waals surface area contributed by atoms with E-state index in [9.17, 15) is 13.9 Å². The lowest BCUT2D eigenvalue weighted by molar-refractivity contribution is -0.0793. The summed E-state index contributed by atoms with van der Waals surface area (Å²) in [7, 11) is 1.40. The molecule has 1 N–H and O–H groups in total. The lowest BCUT2D eigenvalue weighted by Crippen LogP contribution is -2.36. The minimum absolute atomic E-state index is 0.0926. The molecule has 0 saturated heterocycles. The lowest BCUT2D eigenvalue weighted by Gasteiger charge is -2.30. The smallest absolute Gasteiger partial charge is 0.165 e. The van der Waals surface area contributed by atoms with Crippen molar-refractivity contribution in [1.29, 1.82) is 0 Å². The van der Waals surface area contributed by atoms with Crippen molar-refractivity contribution in [2.24, 2.45) is 0 Å². The van der Waals surface area contributed by atoms with Crippen molar-refractivity contribution in [1.82, 2.24) is 0 Å². The summed E-state index contributed by atoms with van der Waals surface area (Å²) in [6, 6.07) is 2.81. The molecule has 4 heteroatoms. The van der Waals surface area contributed by atoms with Crippen LogP contribution in [0.15, 0.2) is 12.1 Å². The van der Waals surface area contributed by atoms with E-state index in [0.717, 1.165) is 0 Å². The van der Waals surface area contributed by atoms with E-state index >= 15 is 0 Å². The highest BCUT2D eigenvalue weighted by Crippen LogP contribution is 2.30. The number of halogens is 2. The van der Waals surface area contributed by atoms with Crippen LogP contribution in [0.2, 0.25) is 0 Å². The SMILES string of the molecule is COC(C)C(C)(O)c1ccc(C)c(F)c1F. The molecule has 0 bridgehead atoms. The predicted octanol–water partition coefficient (Wildman–Crippen LogP) is 2.52. The minimum Gasteiger partial charge on any atom is -0.383 e. The number of aliphatic hydroxyl groups is 1. The third kappa shape index (κ3) is 2.08. The van der Waals surface area contributed by atoms with Gasteiger partial charge in [-0.1, -0.05) is 12.1 Å². The van der Waals surface area contributed by atoms with Crippen LogP contribution in [0.5, 0.6) is 0 Å². The average Bonchev–Trinajstić information content (AvgIpc) is 2.24. The Labute approximate surface area is 93.9 Å². The van der Waals surface area contributed by atoms with E-state index in [0.29, 0.717) is 0 Å². The zero-order valence-corrected chi connectivity index (χ0v) is 9.84. The first-order chi connectivity index (χ1) is 7.32. The Hall–Kier alpha value is -1.00. The van der Waals surface area contributed by atoms with E-state index in [4.69, 9.17) is 4.74 Å². The molecule has 0 spiro atoms. The van der Waals surface area contributed by atoms with Crippen molar-refractivity contribution < 1.29 is 18.6 Å². The predicted molar refractivity (Wildman–Crippen MR) is 57.1 cm³/mol. The van der Waals surface area contributed by atoms with E-state index in [1.807, 2.05) is 0 Å². The third-order valence-corrected chi connectivity index (χ3v) is 2.97. The first-order valence-electron chi connectivity index (χ1n) is 5.02. The monoisotopic (exact) mass is 230 g/mol. The fraction of sp³-hybridized carbons (Fsp3) is 0.500. The molecule has 0 aliphatic carbocycles. The molecule has 0 aliphatic heterocycles. The van der Waals surface area contributed by atoms with Crippen LogP contribution in [0.3, 0.4) is 0 Å². The fourth-order valence-electron chi connectivity index (χ4n) is 1.49. The second kappa shape index (κ2) is 4.47. The first-order valence-corrected chi connectivity index (χ1v) is 5.02. The summed E-state index contributed by atoms with van der Waals surface area (Å²) in [5, 5.41) is 10.1. The normalized spacial score (nSPS) is 16.9. The van der Waals surface area contributed by atoms with Crippen LogP contribution in [0.1, 0.15) is 25.0 Å². The van der Waals surface area contributed by atoms with E-state index in [2.05, 4.69) is 0 Å². The summed E-state index contributed by atoms with van der Waals surface area (Å²) >= 11 is 0. The van der Waals surface area contributed by atoms with Gasteiger partial charge in [-0.3, -0.25) is 0 Å². The number of hydrogen-bond donors (Lipinski definition) is 1. The van der Waals surface area contributed by atoms with Crippen molar-refractivity contribution >= 4 is 0 Å². The molecule has 2 unspecified atom stereocenters. The van der Waals surface area contributed by atoms with Crippen LogP contribution < -0.4 is 0 Å². The van der Waals surface area contributed by atoms with E-state index < -0.39 is 23.3 Å². The zero-order valence-electron chi connectivity index (χ0n) is 9.84. The Morgan fingerprint density at radius 3 is 2.38 bits per heavy atom. The highest BCUT2D eigenvalue weighted by Gasteiger charge is 2.34. The Balaban J connectivity index is 3.29. The van der Waals surface area contributed by atoms with Crippen molar-refractivity contribution in [3.63, 3.8) is 0 Å². The van der Waals surface area contributed by atoms with Gasteiger partial charge in [-0.15, -0.1) is 0 Å². The van der Waals surface area contributed by atoms with Crippen LogP contribution in [0, 0.1) is 18.6 Å². The van der Waals surface area contributed by atoms with E-state index in [1.165, 1.54) is 33.1 Å². The summed E-state index contributed by atoms with van der Waals surface area (Å²) in [6.07, 6.45) is -0.635. The molecule has 1 aromatic carbocycles. The maximum absolute atomic E-state index is 13.7. The second-order valence-corrected chi connectivity index (χ2v) is 4.08. The van der Waals surface area contributed by atoms with Crippen molar-refractivity contribution in [2.75, 3.05) is 7.11 Å². The van der Waals surface area contributed by atoms with Gasteiger partial charge >= 0.3 is 0 Å². The van der Waals surface area contributed by atoms with Gasteiger partial charge in [-0.25, -0.2) is 8.78 Å². The van der Waals surface area contributed by atoms with Crippen molar-refractivity contribution in [3.05, 3.63) is 34.9 Å². The molecule has 2 atom stereocenters. The zero-order chi connectivity index (χ0) is 12.5. The fourth-order valence-corrected chi connectivity index (χ4v) is 1.49. The molecule has 2 nitrogen and oxygen atoms in total. The summed E-state index contributed by atoms with van der Waals surface area (Å²) in [6.45, 7) is 4.46. The molecule has 16 heavy (non-hydrogen) atoms. The molecule has 0 heterocycles. The number of rotatable bonds is 3. The molecular formula is C12H16F2O2. The summed E-state index contributed by atoms with van der Waals surface area (Å²) in [5.74, 6) is -1.95. The Kier molecular flexibility index (Phi) is 3.65. The van der Waals surface area contributed by atoms with Gasteiger partial charge in [0.1, 0.15) is 5.60 Å². The molecule has 0 radical (unpaired) electrons. The van der Waals surface area contributed by atoms with Crippen molar-refractivity contribution in [3.8, 4) is 0 Å². The summed E-state index contributed by atoms with van der Waals surface area (Å²) in [5.41, 5.74) is -1.44. The van der Waals surface area contributed by atoms with Gasteiger partial charge in [0.15, 0.2) is 11.6 Å². The van der Waals surface area contributed by atoms with Gasteiger partial charge in [-0.2, -0.15) is 0 Å². The quantitative estimate of drug-likeness (QED) is 0.864. The molecule has 0 amide bonds. The molecule has 90 valence electrons. The Morgan fingerprint density at radius 2 is 1.88 bits per heavy atom. The number of hydrogen-bond acceptors (Lipinski definition) is 2. The minimum atomic E-state index is -1.56. The number of ether oxygens (including phenoxy) is 1. The molecule has 1 aromatic rings. The molecule has 0 aromatic heterocycles. The largest absolute Gasteiger partial charge is 0.383 e. The van der Waals surface area contributed by atoms with Gasteiger partial charge in [0.2, 0.25) is 0 Å². The molecule has 0 aliphatic rings. The number of methoxy groups -OCH3 is 1. The Bertz CT molecular complexity index is 389. The second-order valence-electron chi connectivity index (χ2n) is 4.08. The van der Waals surface area contributed by atoms with Crippen molar-refractivity contribution in [2.45, 2.75) is 32.5 Å². The van der Waals surface area contributed by atoms with Gasteiger partial charge in [-0.05, 0) is 26.3 Å². The summed E-state index contributed by atoms with van der Waals surface area (Å²) < 4.78 is 32.0. The first kappa shape index (κ1) is 13.1. The van der Waals surface area contributed by atoms with Crippen LogP contribution in [0.25, 0.3) is 0 Å². The molecule has 1 rings (SSSR count). The molecule has 0 saturated carbocycles. The van der Waals surface area contributed by atoms with Gasteiger partial charge < -0.3 is 9.84 Å². The topological polar surface area (TPSA) is 29.5 Å². The van der Waals surface area contributed by atoms with Gasteiger partial charge in [0.05, 0.1) is 6.10 Å². The number of aryl methyl sites for hydroxylation is 1. The highest BCUT2D eigenvalue weighted by molar-refractivity contribution is 5.30. The van der Waals surface area contributed by atoms with E-state index in [-0.39, 0.29) is 11.1 Å². The molecule has 0 fully saturated rings. The lowest BCUT2D eigenvalue weighted by atomic mass is 9.89. The highest BCUT2D eigenvalue weighted by atomic mass is 19.2. The average molecular weight is 230 g/mol. The van der Waals surface area contributed by atoms with Gasteiger partial charge in [0.25, 0.3) is 0 Å². The molecular weight excluding hydrogens is 214 g/mol. The van der Waals surface area contributed by atoms with Crippen LogP contribution in [0.4, 0.5) is 8.78 Å². The van der Waals surface area contributed by atoms with Crippen LogP contribution in [-0.4, -0.2) is 18.3 Å². The number of benzene rings is 1. The maximum atomic E-state index is 13.7.